The second kappa shape index (κ2) is 10.6. The molecule has 2 aliphatic rings. The lowest BCUT2D eigenvalue weighted by molar-refractivity contribution is 0.0933. The van der Waals surface area contributed by atoms with Crippen LogP contribution in [0.5, 0.6) is 0 Å². The number of nitrogens with one attached hydrogen (secondary N) is 2. The van der Waals surface area contributed by atoms with Crippen molar-refractivity contribution in [1.82, 2.24) is 15.0 Å². The number of carbonyl (C=O) groups is 1. The number of nitrogens with zero attached hydrogens (tertiary/aromatic N) is 1. The molecule has 5 rings (SSSR count). The molecule has 0 spiro atoms. The lowest BCUT2D eigenvalue weighted by Gasteiger charge is -2.25. The van der Waals surface area contributed by atoms with Gasteiger partial charge in [-0.2, -0.15) is 0 Å². The average Bonchev–Trinajstić information content (AvgIpc) is 3.24. The summed E-state index contributed by atoms with van der Waals surface area (Å²) >= 11 is 1.32. The van der Waals surface area contributed by atoms with Gasteiger partial charge >= 0.3 is 0 Å². The fourth-order valence-electron chi connectivity index (χ4n) is 5.21. The SMILES string of the molecule is CC(C)(C)NS(=O)(=O)c1ccc(-c2sc(C(=O)NC3CCS(=O)(=O)CC3)nc2CC2CCC2)c2ccccc12. The highest BCUT2D eigenvalue weighted by Crippen LogP contribution is 2.40. The fourth-order valence-corrected chi connectivity index (χ4v) is 9.37. The molecule has 11 heteroatoms. The Kier molecular flexibility index (Phi) is 7.64. The Morgan fingerprint density at radius 2 is 1.69 bits per heavy atom. The van der Waals surface area contributed by atoms with Gasteiger partial charge in [-0.3, -0.25) is 4.79 Å². The molecule has 0 radical (unpaired) electrons. The number of sulfonamides is 1. The Morgan fingerprint density at radius 3 is 2.31 bits per heavy atom. The van der Waals surface area contributed by atoms with Gasteiger partial charge in [0.15, 0.2) is 5.01 Å². The van der Waals surface area contributed by atoms with Crippen LogP contribution in [0.25, 0.3) is 21.2 Å². The lowest BCUT2D eigenvalue weighted by atomic mass is 9.81. The van der Waals surface area contributed by atoms with E-state index in [0.717, 1.165) is 40.8 Å². The number of sulfone groups is 1. The number of hydrogen-bond acceptors (Lipinski definition) is 7. The topological polar surface area (TPSA) is 122 Å². The molecule has 3 aromatic rings. The molecular weight excluding hydrogens is 555 g/mol. The first-order valence-electron chi connectivity index (χ1n) is 13.4. The van der Waals surface area contributed by atoms with Crippen molar-refractivity contribution in [2.75, 3.05) is 11.5 Å². The molecule has 0 bridgehead atoms. The van der Waals surface area contributed by atoms with Crippen LogP contribution in [0.3, 0.4) is 0 Å². The third-order valence-corrected chi connectivity index (χ3v) is 12.0. The minimum Gasteiger partial charge on any atom is -0.347 e. The van der Waals surface area contributed by atoms with Crippen molar-refractivity contribution in [2.45, 2.75) is 75.8 Å². The molecule has 0 atom stereocenters. The predicted molar refractivity (Wildman–Crippen MR) is 155 cm³/mol. The highest BCUT2D eigenvalue weighted by Gasteiger charge is 2.29. The van der Waals surface area contributed by atoms with Gasteiger partial charge in [-0.1, -0.05) is 49.6 Å². The van der Waals surface area contributed by atoms with Crippen molar-refractivity contribution in [2.24, 2.45) is 5.92 Å². The van der Waals surface area contributed by atoms with E-state index in [1.54, 1.807) is 6.07 Å². The van der Waals surface area contributed by atoms with E-state index in [2.05, 4.69) is 10.0 Å². The zero-order valence-electron chi connectivity index (χ0n) is 22.5. The van der Waals surface area contributed by atoms with E-state index >= 15 is 0 Å². The van der Waals surface area contributed by atoms with Gasteiger partial charge in [-0.25, -0.2) is 26.5 Å². The Labute approximate surface area is 234 Å². The van der Waals surface area contributed by atoms with Gasteiger partial charge in [0.1, 0.15) is 9.84 Å². The first kappa shape index (κ1) is 28.2. The van der Waals surface area contributed by atoms with Crippen molar-refractivity contribution in [3.63, 3.8) is 0 Å². The molecule has 210 valence electrons. The summed E-state index contributed by atoms with van der Waals surface area (Å²) < 4.78 is 52.9. The normalized spacial score (nSPS) is 18.6. The van der Waals surface area contributed by atoms with Gasteiger partial charge in [0.2, 0.25) is 10.0 Å². The molecule has 0 unspecified atom stereocenters. The third-order valence-electron chi connectivity index (χ3n) is 7.35. The molecular formula is C28H35N3O5S3. The zero-order valence-corrected chi connectivity index (χ0v) is 24.9. The van der Waals surface area contributed by atoms with E-state index < -0.39 is 25.4 Å². The van der Waals surface area contributed by atoms with Crippen molar-refractivity contribution in [3.8, 4) is 10.4 Å². The largest absolute Gasteiger partial charge is 0.347 e. The van der Waals surface area contributed by atoms with Crippen LogP contribution in [-0.2, 0) is 26.3 Å². The molecule has 1 aromatic heterocycles. The number of thiazole rings is 1. The quantitative estimate of drug-likeness (QED) is 0.412. The second-order valence-electron chi connectivity index (χ2n) is 11.7. The maximum Gasteiger partial charge on any atom is 0.280 e. The maximum atomic E-state index is 13.3. The van der Waals surface area contributed by atoms with Gasteiger partial charge in [0, 0.05) is 22.5 Å². The molecule has 2 N–H and O–H groups in total. The molecule has 2 fully saturated rings. The number of rotatable bonds is 7. The van der Waals surface area contributed by atoms with Gasteiger partial charge in [-0.05, 0) is 57.4 Å². The summed E-state index contributed by atoms with van der Waals surface area (Å²) in [6.07, 6.45) is 5.03. The van der Waals surface area contributed by atoms with Crippen molar-refractivity contribution < 1.29 is 21.6 Å². The summed E-state index contributed by atoms with van der Waals surface area (Å²) in [7, 11) is -6.79. The zero-order chi connectivity index (χ0) is 28.0. The predicted octanol–water partition coefficient (Wildman–Crippen LogP) is 4.69. The summed E-state index contributed by atoms with van der Waals surface area (Å²) in [5.41, 5.74) is 1.08. The Hall–Kier alpha value is -2.34. The monoisotopic (exact) mass is 589 g/mol. The summed E-state index contributed by atoms with van der Waals surface area (Å²) in [4.78, 5) is 19.1. The molecule has 39 heavy (non-hydrogen) atoms. The molecule has 1 aliphatic heterocycles. The fraction of sp³-hybridized carbons (Fsp3) is 0.500. The third kappa shape index (κ3) is 6.37. The second-order valence-corrected chi connectivity index (χ2v) is 16.7. The van der Waals surface area contributed by atoms with Crippen molar-refractivity contribution >= 4 is 47.9 Å². The first-order valence-corrected chi connectivity index (χ1v) is 17.5. The van der Waals surface area contributed by atoms with Gasteiger partial charge in [0.05, 0.1) is 27.0 Å². The van der Waals surface area contributed by atoms with Crippen LogP contribution in [0, 0.1) is 5.92 Å². The molecule has 1 saturated heterocycles. The summed E-state index contributed by atoms with van der Waals surface area (Å²) in [6, 6.07) is 10.7. The molecule has 1 amide bonds. The average molecular weight is 590 g/mol. The van der Waals surface area contributed by atoms with Gasteiger partial charge in [0.25, 0.3) is 5.91 Å². The number of aromatic nitrogens is 1. The van der Waals surface area contributed by atoms with E-state index in [9.17, 15) is 21.6 Å². The van der Waals surface area contributed by atoms with Crippen molar-refractivity contribution in [3.05, 3.63) is 47.1 Å². The summed E-state index contributed by atoms with van der Waals surface area (Å²) in [5, 5.41) is 4.75. The first-order chi connectivity index (χ1) is 18.3. The van der Waals surface area contributed by atoms with E-state index in [1.165, 1.54) is 17.8 Å². The van der Waals surface area contributed by atoms with E-state index in [0.29, 0.717) is 29.2 Å². The van der Waals surface area contributed by atoms with Crippen LogP contribution in [0.15, 0.2) is 41.3 Å². The Morgan fingerprint density at radius 1 is 1.03 bits per heavy atom. The van der Waals surface area contributed by atoms with Gasteiger partial charge in [-0.15, -0.1) is 11.3 Å². The van der Waals surface area contributed by atoms with E-state index in [4.69, 9.17) is 4.98 Å². The van der Waals surface area contributed by atoms with Crippen LogP contribution in [0.2, 0.25) is 0 Å². The number of fused-ring (bicyclic) bond motifs is 1. The molecule has 1 saturated carbocycles. The number of carbonyl (C=O) groups excluding carboxylic acids is 1. The lowest BCUT2D eigenvalue weighted by Crippen LogP contribution is -2.40. The maximum absolute atomic E-state index is 13.3. The summed E-state index contributed by atoms with van der Waals surface area (Å²) in [6.45, 7) is 5.43. The van der Waals surface area contributed by atoms with E-state index in [1.807, 2.05) is 51.1 Å². The molecule has 2 heterocycles. The molecule has 8 nitrogen and oxygen atoms in total. The van der Waals surface area contributed by atoms with Crippen LogP contribution in [-0.4, -0.2) is 50.8 Å². The Bertz CT molecular complexity index is 1600. The van der Waals surface area contributed by atoms with Crippen LogP contribution in [0.1, 0.15) is 68.4 Å². The molecule has 1 aliphatic carbocycles. The van der Waals surface area contributed by atoms with Crippen LogP contribution >= 0.6 is 11.3 Å². The number of hydrogen-bond donors (Lipinski definition) is 2. The van der Waals surface area contributed by atoms with Crippen LogP contribution < -0.4 is 10.0 Å². The number of benzene rings is 2. The van der Waals surface area contributed by atoms with E-state index in [-0.39, 0.29) is 28.4 Å². The van der Waals surface area contributed by atoms with Gasteiger partial charge < -0.3 is 5.32 Å². The van der Waals surface area contributed by atoms with Crippen LogP contribution in [0.4, 0.5) is 0 Å². The minimum absolute atomic E-state index is 0.0827. The standard InChI is InChI=1S/C28H35N3O5S3/c1-28(2,3)31-39(35,36)24-12-11-22(20-9-4-5-10-21(20)24)25-23(17-18-7-6-8-18)30-27(37-25)26(32)29-19-13-15-38(33,34)16-14-19/h4-5,9-12,18-19,31H,6-8,13-17H2,1-3H3,(H,29,32). The minimum atomic E-state index is -3.77. The highest BCUT2D eigenvalue weighted by molar-refractivity contribution is 7.91. The smallest absolute Gasteiger partial charge is 0.280 e. The Balaban J connectivity index is 1.53. The highest BCUT2D eigenvalue weighted by atomic mass is 32.2. The summed E-state index contributed by atoms with van der Waals surface area (Å²) in [5.74, 6) is 0.397. The number of amides is 1. The van der Waals surface area contributed by atoms with Crippen molar-refractivity contribution in [1.29, 1.82) is 0 Å². The molecule has 2 aromatic carbocycles.